The van der Waals surface area contributed by atoms with Crippen molar-refractivity contribution in [1.29, 1.82) is 0 Å². The highest BCUT2D eigenvalue weighted by Gasteiger charge is 2.13. The number of carbonyl (C=O) groups is 1. The van der Waals surface area contributed by atoms with E-state index >= 15 is 0 Å². The number of amides is 1. The molecule has 4 nitrogen and oxygen atoms in total. The smallest absolute Gasteiger partial charge is 0.257 e. The van der Waals surface area contributed by atoms with Crippen molar-refractivity contribution in [3.05, 3.63) is 57.6 Å². The predicted octanol–water partition coefficient (Wildman–Crippen LogP) is 3.84. The molecule has 20 heavy (non-hydrogen) atoms. The van der Waals surface area contributed by atoms with Gasteiger partial charge >= 0.3 is 0 Å². The molecule has 2 aromatic rings. The lowest BCUT2D eigenvalue weighted by Crippen LogP contribution is -2.17. The monoisotopic (exact) mass is 309 g/mol. The van der Waals surface area contributed by atoms with Gasteiger partial charge in [-0.05, 0) is 31.2 Å². The van der Waals surface area contributed by atoms with Crippen molar-refractivity contribution < 1.29 is 4.79 Å². The molecule has 0 bridgehead atoms. The standard InChI is InChI=1S/C14H13Cl2N3O/c1-8-5-6-11(19-17)9(7-8)14(20)18-12-4-2-3-10(15)13(12)16/h2-7,19H,17H2,1H3,(H,18,20). The third-order valence-electron chi connectivity index (χ3n) is 2.77. The number of carbonyl (C=O) groups excluding carboxylic acids is 1. The Balaban J connectivity index is 2.33. The fourth-order valence-electron chi connectivity index (χ4n) is 1.76. The average Bonchev–Trinajstić information content (AvgIpc) is 2.43. The van der Waals surface area contributed by atoms with E-state index in [4.69, 9.17) is 29.0 Å². The van der Waals surface area contributed by atoms with Gasteiger partial charge < -0.3 is 10.7 Å². The van der Waals surface area contributed by atoms with E-state index in [1.165, 1.54) is 0 Å². The summed E-state index contributed by atoms with van der Waals surface area (Å²) < 4.78 is 0. The van der Waals surface area contributed by atoms with Crippen LogP contribution in [0, 0.1) is 6.92 Å². The number of nitrogens with one attached hydrogen (secondary N) is 2. The molecule has 0 unspecified atom stereocenters. The third kappa shape index (κ3) is 3.04. The summed E-state index contributed by atoms with van der Waals surface area (Å²) in [7, 11) is 0. The molecule has 0 fully saturated rings. The van der Waals surface area contributed by atoms with Gasteiger partial charge in [-0.3, -0.25) is 10.6 Å². The Morgan fingerprint density at radius 1 is 1.15 bits per heavy atom. The SMILES string of the molecule is Cc1ccc(NN)c(C(=O)Nc2cccc(Cl)c2Cl)c1. The van der Waals surface area contributed by atoms with Crippen LogP contribution in [0.15, 0.2) is 36.4 Å². The van der Waals surface area contributed by atoms with Crippen LogP contribution in [0.5, 0.6) is 0 Å². The van der Waals surface area contributed by atoms with E-state index in [1.807, 2.05) is 13.0 Å². The zero-order valence-electron chi connectivity index (χ0n) is 10.7. The predicted molar refractivity (Wildman–Crippen MR) is 83.4 cm³/mol. The maximum atomic E-state index is 12.3. The van der Waals surface area contributed by atoms with Gasteiger partial charge in [-0.25, -0.2) is 0 Å². The number of benzene rings is 2. The molecule has 2 rings (SSSR count). The van der Waals surface area contributed by atoms with Crippen LogP contribution < -0.4 is 16.6 Å². The number of hydrazine groups is 1. The topological polar surface area (TPSA) is 67.1 Å². The van der Waals surface area contributed by atoms with Crippen LogP contribution in [0.25, 0.3) is 0 Å². The van der Waals surface area contributed by atoms with Crippen molar-refractivity contribution >= 4 is 40.5 Å². The van der Waals surface area contributed by atoms with Crippen molar-refractivity contribution in [1.82, 2.24) is 0 Å². The van der Waals surface area contributed by atoms with Gasteiger partial charge in [-0.2, -0.15) is 0 Å². The lowest BCUT2D eigenvalue weighted by Gasteiger charge is -2.12. The van der Waals surface area contributed by atoms with Crippen LogP contribution in [0.4, 0.5) is 11.4 Å². The van der Waals surface area contributed by atoms with Crippen LogP contribution in [-0.2, 0) is 0 Å². The minimum atomic E-state index is -0.314. The summed E-state index contributed by atoms with van der Waals surface area (Å²) in [5, 5.41) is 3.40. The first kappa shape index (κ1) is 14.7. The molecule has 0 saturated carbocycles. The van der Waals surface area contributed by atoms with Gasteiger partial charge in [0.1, 0.15) is 0 Å². The molecule has 0 heterocycles. The molecule has 0 aliphatic rings. The number of nitrogen functional groups attached to an aromatic ring is 1. The number of aryl methyl sites for hydroxylation is 1. The van der Waals surface area contributed by atoms with Crippen molar-refractivity contribution in [2.24, 2.45) is 5.84 Å². The molecule has 0 radical (unpaired) electrons. The average molecular weight is 310 g/mol. The lowest BCUT2D eigenvalue weighted by atomic mass is 10.1. The van der Waals surface area contributed by atoms with Gasteiger partial charge in [0.2, 0.25) is 0 Å². The van der Waals surface area contributed by atoms with Crippen LogP contribution in [0.1, 0.15) is 15.9 Å². The molecule has 0 spiro atoms. The van der Waals surface area contributed by atoms with Gasteiger partial charge in [0.25, 0.3) is 5.91 Å². The van der Waals surface area contributed by atoms with Crippen molar-refractivity contribution in [3.63, 3.8) is 0 Å². The van der Waals surface area contributed by atoms with Crippen molar-refractivity contribution in [3.8, 4) is 0 Å². The van der Waals surface area contributed by atoms with Crippen molar-refractivity contribution in [2.75, 3.05) is 10.7 Å². The fourth-order valence-corrected chi connectivity index (χ4v) is 2.11. The minimum absolute atomic E-state index is 0.303. The van der Waals surface area contributed by atoms with E-state index in [-0.39, 0.29) is 5.91 Å². The lowest BCUT2D eigenvalue weighted by molar-refractivity contribution is 0.102. The quantitative estimate of drug-likeness (QED) is 0.596. The van der Waals surface area contributed by atoms with Gasteiger partial charge in [-0.1, -0.05) is 40.9 Å². The second kappa shape index (κ2) is 6.13. The summed E-state index contributed by atoms with van der Waals surface area (Å²) in [6.45, 7) is 1.89. The summed E-state index contributed by atoms with van der Waals surface area (Å²) in [6, 6.07) is 10.4. The minimum Gasteiger partial charge on any atom is -0.323 e. The Morgan fingerprint density at radius 3 is 2.60 bits per heavy atom. The highest BCUT2D eigenvalue weighted by atomic mass is 35.5. The number of anilines is 2. The van der Waals surface area contributed by atoms with Crippen LogP contribution in [0.2, 0.25) is 10.0 Å². The van der Waals surface area contributed by atoms with E-state index < -0.39 is 0 Å². The maximum absolute atomic E-state index is 12.3. The van der Waals surface area contributed by atoms with Crippen LogP contribution in [-0.4, -0.2) is 5.91 Å². The Labute approximate surface area is 126 Å². The molecule has 0 saturated heterocycles. The second-order valence-electron chi connectivity index (χ2n) is 4.25. The third-order valence-corrected chi connectivity index (χ3v) is 3.59. The Hall–Kier alpha value is -1.75. The van der Waals surface area contributed by atoms with E-state index in [0.29, 0.717) is 27.0 Å². The van der Waals surface area contributed by atoms with Crippen LogP contribution in [0.3, 0.4) is 0 Å². The first-order chi connectivity index (χ1) is 9.52. The van der Waals surface area contributed by atoms with E-state index in [9.17, 15) is 4.79 Å². The normalized spacial score (nSPS) is 10.2. The van der Waals surface area contributed by atoms with Gasteiger partial charge in [0.05, 0.1) is 27.0 Å². The highest BCUT2D eigenvalue weighted by molar-refractivity contribution is 6.44. The molecule has 1 amide bonds. The molecular formula is C14H13Cl2N3O. The van der Waals surface area contributed by atoms with Gasteiger partial charge in [0, 0.05) is 0 Å². The molecule has 2 aromatic carbocycles. The molecule has 104 valence electrons. The summed E-state index contributed by atoms with van der Waals surface area (Å²) >= 11 is 12.0. The molecule has 6 heteroatoms. The molecule has 4 N–H and O–H groups in total. The summed E-state index contributed by atoms with van der Waals surface area (Å²) in [4.78, 5) is 12.3. The number of nitrogens with two attached hydrogens (primary N) is 1. The Bertz CT molecular complexity index is 659. The first-order valence-corrected chi connectivity index (χ1v) is 6.61. The molecule has 0 atom stereocenters. The maximum Gasteiger partial charge on any atom is 0.257 e. The Morgan fingerprint density at radius 2 is 1.90 bits per heavy atom. The summed E-state index contributed by atoms with van der Waals surface area (Å²) in [5.74, 6) is 5.09. The summed E-state index contributed by atoms with van der Waals surface area (Å²) in [5.41, 5.74) is 4.87. The van der Waals surface area contributed by atoms with E-state index in [1.54, 1.807) is 30.3 Å². The van der Waals surface area contributed by atoms with Crippen molar-refractivity contribution in [2.45, 2.75) is 6.92 Å². The second-order valence-corrected chi connectivity index (χ2v) is 5.03. The number of hydrogen-bond acceptors (Lipinski definition) is 3. The molecule has 0 aliphatic carbocycles. The number of halogens is 2. The molecule has 0 aliphatic heterocycles. The van der Waals surface area contributed by atoms with Gasteiger partial charge in [0.15, 0.2) is 0 Å². The number of rotatable bonds is 3. The van der Waals surface area contributed by atoms with Gasteiger partial charge in [-0.15, -0.1) is 0 Å². The van der Waals surface area contributed by atoms with E-state index in [0.717, 1.165) is 5.56 Å². The zero-order chi connectivity index (χ0) is 14.7. The highest BCUT2D eigenvalue weighted by Crippen LogP contribution is 2.30. The summed E-state index contributed by atoms with van der Waals surface area (Å²) in [6.07, 6.45) is 0. The Kier molecular flexibility index (Phi) is 4.49. The van der Waals surface area contributed by atoms with E-state index in [2.05, 4.69) is 10.7 Å². The largest absolute Gasteiger partial charge is 0.323 e. The van der Waals surface area contributed by atoms with Crippen LogP contribution >= 0.6 is 23.2 Å². The number of hydrogen-bond donors (Lipinski definition) is 3. The fraction of sp³-hybridized carbons (Fsp3) is 0.0714. The molecular weight excluding hydrogens is 297 g/mol. The first-order valence-electron chi connectivity index (χ1n) is 5.85. The zero-order valence-corrected chi connectivity index (χ0v) is 12.2. The molecule has 0 aromatic heterocycles.